The molecular weight excluding hydrogens is 270 g/mol. The molecule has 0 spiro atoms. The summed E-state index contributed by atoms with van der Waals surface area (Å²) in [5.74, 6) is 0.885. The molecular formula is C15H23N3OS. The van der Waals surface area contributed by atoms with E-state index in [1.807, 2.05) is 6.07 Å². The van der Waals surface area contributed by atoms with Crippen LogP contribution in [0.15, 0.2) is 17.5 Å². The summed E-state index contributed by atoms with van der Waals surface area (Å²) in [7, 11) is 0. The first kappa shape index (κ1) is 14.0. The van der Waals surface area contributed by atoms with Crippen molar-refractivity contribution in [3.63, 3.8) is 0 Å². The molecule has 2 N–H and O–H groups in total. The lowest BCUT2D eigenvalue weighted by atomic mass is 9.94. The molecule has 2 aliphatic rings. The highest BCUT2D eigenvalue weighted by molar-refractivity contribution is 7.10. The topological polar surface area (TPSA) is 44.4 Å². The highest BCUT2D eigenvalue weighted by atomic mass is 32.1. The van der Waals surface area contributed by atoms with Crippen LogP contribution in [-0.4, -0.2) is 43.0 Å². The van der Waals surface area contributed by atoms with Gasteiger partial charge in [-0.25, -0.2) is 0 Å². The van der Waals surface area contributed by atoms with Gasteiger partial charge in [-0.05, 0) is 43.7 Å². The normalized spacial score (nSPS) is 28.1. The number of rotatable bonds is 4. The smallest absolute Gasteiger partial charge is 0.234 e. The minimum absolute atomic E-state index is 0.116. The summed E-state index contributed by atoms with van der Waals surface area (Å²) in [4.78, 5) is 15.7. The zero-order valence-electron chi connectivity index (χ0n) is 12.0. The van der Waals surface area contributed by atoms with Crippen LogP contribution in [0.3, 0.4) is 0 Å². The van der Waals surface area contributed by atoms with E-state index < -0.39 is 0 Å². The van der Waals surface area contributed by atoms with Gasteiger partial charge in [0, 0.05) is 24.0 Å². The molecule has 3 rings (SSSR count). The third-order valence-electron chi connectivity index (χ3n) is 4.39. The van der Waals surface area contributed by atoms with E-state index in [1.54, 1.807) is 11.3 Å². The number of nitrogens with one attached hydrogen (secondary N) is 2. The first-order chi connectivity index (χ1) is 9.72. The molecule has 0 bridgehead atoms. The number of hydrogen-bond acceptors (Lipinski definition) is 4. The third kappa shape index (κ3) is 3.22. The van der Waals surface area contributed by atoms with Crippen molar-refractivity contribution in [1.82, 2.24) is 15.5 Å². The maximum Gasteiger partial charge on any atom is 0.234 e. The predicted octanol–water partition coefficient (Wildman–Crippen LogP) is 1.61. The molecule has 1 amide bonds. The van der Waals surface area contributed by atoms with E-state index in [1.165, 1.54) is 17.7 Å². The molecule has 1 aromatic heterocycles. The van der Waals surface area contributed by atoms with Gasteiger partial charge in [0.05, 0.1) is 12.6 Å². The Morgan fingerprint density at radius 2 is 2.50 bits per heavy atom. The Morgan fingerprint density at radius 1 is 1.60 bits per heavy atom. The first-order valence-corrected chi connectivity index (χ1v) is 8.39. The molecule has 0 saturated carbocycles. The van der Waals surface area contributed by atoms with Gasteiger partial charge in [-0.1, -0.05) is 6.07 Å². The van der Waals surface area contributed by atoms with Crippen molar-refractivity contribution in [2.75, 3.05) is 26.2 Å². The summed E-state index contributed by atoms with van der Waals surface area (Å²) in [5, 5.41) is 8.73. The van der Waals surface area contributed by atoms with Gasteiger partial charge in [-0.2, -0.15) is 0 Å². The predicted molar refractivity (Wildman–Crippen MR) is 81.8 cm³/mol. The van der Waals surface area contributed by atoms with Crippen molar-refractivity contribution < 1.29 is 4.79 Å². The van der Waals surface area contributed by atoms with Crippen LogP contribution in [0.1, 0.15) is 30.7 Å². The molecule has 3 atom stereocenters. The van der Waals surface area contributed by atoms with Gasteiger partial charge in [0.2, 0.25) is 5.91 Å². The standard InChI is InChI=1S/C15H23N3OS/c1-11(14-5-3-7-20-14)17-15(19)10-18-8-12-4-2-6-16-13(12)9-18/h3,5,7,11-13,16H,2,4,6,8-10H2,1H3,(H,17,19). The van der Waals surface area contributed by atoms with E-state index in [0.717, 1.165) is 25.6 Å². The molecule has 5 heteroatoms. The van der Waals surface area contributed by atoms with E-state index in [0.29, 0.717) is 12.6 Å². The summed E-state index contributed by atoms with van der Waals surface area (Å²) in [5.41, 5.74) is 0. The van der Waals surface area contributed by atoms with Crippen molar-refractivity contribution in [3.8, 4) is 0 Å². The SMILES string of the molecule is CC(NC(=O)CN1CC2CCCNC2C1)c1cccs1. The van der Waals surface area contributed by atoms with Crippen LogP contribution < -0.4 is 10.6 Å². The number of carbonyl (C=O) groups excluding carboxylic acids is 1. The lowest BCUT2D eigenvalue weighted by Crippen LogP contribution is -2.41. The molecule has 110 valence electrons. The van der Waals surface area contributed by atoms with Gasteiger partial charge in [0.1, 0.15) is 0 Å². The van der Waals surface area contributed by atoms with Crippen molar-refractivity contribution >= 4 is 17.2 Å². The largest absolute Gasteiger partial charge is 0.348 e. The summed E-state index contributed by atoms with van der Waals surface area (Å²) in [6.45, 7) is 5.81. The highest BCUT2D eigenvalue weighted by Crippen LogP contribution is 2.24. The number of carbonyl (C=O) groups is 1. The molecule has 0 aromatic carbocycles. The van der Waals surface area contributed by atoms with Gasteiger partial charge < -0.3 is 10.6 Å². The van der Waals surface area contributed by atoms with Gasteiger partial charge in [0.25, 0.3) is 0 Å². The van der Waals surface area contributed by atoms with E-state index in [4.69, 9.17) is 0 Å². The van der Waals surface area contributed by atoms with E-state index in [9.17, 15) is 4.79 Å². The Balaban J connectivity index is 1.47. The second-order valence-corrected chi connectivity index (χ2v) is 6.94. The zero-order valence-corrected chi connectivity index (χ0v) is 12.8. The van der Waals surface area contributed by atoms with E-state index in [2.05, 4.69) is 33.9 Å². The molecule has 1 aromatic rings. The molecule has 2 aliphatic heterocycles. The molecule has 2 fully saturated rings. The van der Waals surface area contributed by atoms with Crippen molar-refractivity contribution in [2.24, 2.45) is 5.92 Å². The summed E-state index contributed by atoms with van der Waals surface area (Å²) in [6.07, 6.45) is 2.58. The number of hydrogen-bond donors (Lipinski definition) is 2. The number of amides is 1. The van der Waals surface area contributed by atoms with Gasteiger partial charge in [-0.15, -0.1) is 11.3 Å². The monoisotopic (exact) mass is 293 g/mol. The summed E-state index contributed by atoms with van der Waals surface area (Å²) in [6, 6.07) is 4.82. The fraction of sp³-hybridized carbons (Fsp3) is 0.667. The number of thiophene rings is 1. The Hall–Kier alpha value is -0.910. The van der Waals surface area contributed by atoms with Crippen LogP contribution >= 0.6 is 11.3 Å². The van der Waals surface area contributed by atoms with Crippen LogP contribution in [0.4, 0.5) is 0 Å². The Kier molecular flexibility index (Phi) is 4.38. The van der Waals surface area contributed by atoms with Crippen molar-refractivity contribution in [1.29, 1.82) is 0 Å². The average Bonchev–Trinajstić information content (AvgIpc) is 3.07. The van der Waals surface area contributed by atoms with Gasteiger partial charge in [-0.3, -0.25) is 9.69 Å². The molecule has 3 unspecified atom stereocenters. The third-order valence-corrected chi connectivity index (χ3v) is 5.44. The Morgan fingerprint density at radius 3 is 3.25 bits per heavy atom. The lowest BCUT2D eigenvalue weighted by molar-refractivity contribution is -0.122. The van der Waals surface area contributed by atoms with Gasteiger partial charge >= 0.3 is 0 Å². The maximum absolute atomic E-state index is 12.1. The van der Waals surface area contributed by atoms with Crippen LogP contribution in [-0.2, 0) is 4.79 Å². The summed E-state index contributed by atoms with van der Waals surface area (Å²) < 4.78 is 0. The van der Waals surface area contributed by atoms with Crippen LogP contribution in [0.5, 0.6) is 0 Å². The molecule has 0 radical (unpaired) electrons. The van der Waals surface area contributed by atoms with Crippen molar-refractivity contribution in [2.45, 2.75) is 31.8 Å². The van der Waals surface area contributed by atoms with Crippen molar-refractivity contribution in [3.05, 3.63) is 22.4 Å². The highest BCUT2D eigenvalue weighted by Gasteiger charge is 2.34. The average molecular weight is 293 g/mol. The fourth-order valence-electron chi connectivity index (χ4n) is 3.36. The number of nitrogens with zero attached hydrogens (tertiary/aromatic N) is 1. The molecule has 2 saturated heterocycles. The quantitative estimate of drug-likeness (QED) is 0.886. The molecule has 0 aliphatic carbocycles. The number of fused-ring (bicyclic) bond motifs is 1. The Bertz CT molecular complexity index is 434. The fourth-order valence-corrected chi connectivity index (χ4v) is 4.10. The second-order valence-electron chi connectivity index (χ2n) is 5.96. The minimum Gasteiger partial charge on any atom is -0.348 e. The van der Waals surface area contributed by atoms with E-state index >= 15 is 0 Å². The zero-order chi connectivity index (χ0) is 13.9. The minimum atomic E-state index is 0.116. The first-order valence-electron chi connectivity index (χ1n) is 7.51. The molecule has 20 heavy (non-hydrogen) atoms. The van der Waals surface area contributed by atoms with Crippen LogP contribution in [0.2, 0.25) is 0 Å². The number of piperidine rings is 1. The van der Waals surface area contributed by atoms with Crippen LogP contribution in [0, 0.1) is 5.92 Å². The van der Waals surface area contributed by atoms with Crippen LogP contribution in [0.25, 0.3) is 0 Å². The van der Waals surface area contributed by atoms with Gasteiger partial charge in [0.15, 0.2) is 0 Å². The number of likely N-dealkylation sites (tertiary alicyclic amines) is 1. The molecule has 4 nitrogen and oxygen atoms in total. The molecule has 3 heterocycles. The van der Waals surface area contributed by atoms with E-state index in [-0.39, 0.29) is 11.9 Å². The lowest BCUT2D eigenvalue weighted by Gasteiger charge is -2.24. The summed E-state index contributed by atoms with van der Waals surface area (Å²) >= 11 is 1.69. The Labute approximate surface area is 124 Å². The maximum atomic E-state index is 12.1. The second kappa shape index (κ2) is 6.24.